The number of fused-ring (bicyclic) bond motifs is 9. The quantitative estimate of drug-likeness (QED) is 0.243. The molecule has 0 saturated carbocycles. The van der Waals surface area contributed by atoms with Crippen LogP contribution in [0.3, 0.4) is 0 Å². The molecule has 0 fully saturated rings. The van der Waals surface area contributed by atoms with Crippen LogP contribution in [-0.2, 0) is 16.6 Å². The normalized spacial score (nSPS) is 15.1. The SMILES string of the molecule is CC(C)(O)c1ccc2c(c1)C1(c3ccc(O)cc3Oc3cc(O)ccc31)c1cc(C(C)(C)O)ccc1-2. The first-order valence-corrected chi connectivity index (χ1v) is 12.0. The molecule has 0 amide bonds. The van der Waals surface area contributed by atoms with E-state index in [1.54, 1.807) is 52.0 Å². The molecular weight excluding hydrogens is 452 g/mol. The van der Waals surface area contributed by atoms with E-state index in [2.05, 4.69) is 0 Å². The van der Waals surface area contributed by atoms with Crippen LogP contribution in [0.15, 0.2) is 72.8 Å². The van der Waals surface area contributed by atoms with Crippen molar-refractivity contribution >= 4 is 0 Å². The number of benzene rings is 4. The zero-order valence-electron chi connectivity index (χ0n) is 20.6. The summed E-state index contributed by atoms with van der Waals surface area (Å²) in [4.78, 5) is 0. The van der Waals surface area contributed by atoms with Crippen molar-refractivity contribution < 1.29 is 25.2 Å². The van der Waals surface area contributed by atoms with Crippen molar-refractivity contribution in [2.45, 2.75) is 44.3 Å². The summed E-state index contributed by atoms with van der Waals surface area (Å²) >= 11 is 0. The zero-order chi connectivity index (χ0) is 25.6. The molecule has 0 atom stereocenters. The first kappa shape index (κ1) is 22.7. The summed E-state index contributed by atoms with van der Waals surface area (Å²) in [5.74, 6) is 1.10. The van der Waals surface area contributed by atoms with E-state index in [0.717, 1.165) is 44.5 Å². The molecule has 36 heavy (non-hydrogen) atoms. The van der Waals surface area contributed by atoms with Crippen LogP contribution in [0.2, 0.25) is 0 Å². The smallest absolute Gasteiger partial charge is 0.135 e. The number of aliphatic hydroxyl groups is 2. The fourth-order valence-electron chi connectivity index (χ4n) is 5.74. The monoisotopic (exact) mass is 480 g/mol. The van der Waals surface area contributed by atoms with E-state index in [1.807, 2.05) is 48.5 Å². The molecule has 6 rings (SSSR count). The third-order valence-electron chi connectivity index (χ3n) is 7.51. The van der Waals surface area contributed by atoms with Crippen molar-refractivity contribution in [1.82, 2.24) is 0 Å². The Labute approximate surface area is 209 Å². The minimum Gasteiger partial charge on any atom is -0.508 e. The number of ether oxygens (including phenoxy) is 1. The lowest BCUT2D eigenvalue weighted by molar-refractivity contribution is 0.0780. The number of hydrogen-bond acceptors (Lipinski definition) is 5. The van der Waals surface area contributed by atoms with Gasteiger partial charge in [0.05, 0.1) is 16.6 Å². The maximum absolute atomic E-state index is 10.9. The van der Waals surface area contributed by atoms with E-state index in [-0.39, 0.29) is 11.5 Å². The second kappa shape index (κ2) is 7.12. The molecule has 4 aromatic carbocycles. The molecule has 0 aromatic heterocycles. The molecule has 1 heterocycles. The molecule has 0 unspecified atom stereocenters. The molecule has 5 nitrogen and oxygen atoms in total. The highest BCUT2D eigenvalue weighted by Crippen LogP contribution is 2.63. The lowest BCUT2D eigenvalue weighted by Gasteiger charge is -2.40. The topological polar surface area (TPSA) is 90.2 Å². The molecule has 2 aliphatic rings. The number of aromatic hydroxyl groups is 2. The Morgan fingerprint density at radius 1 is 0.556 bits per heavy atom. The highest BCUT2D eigenvalue weighted by molar-refractivity contribution is 5.89. The maximum atomic E-state index is 10.9. The van der Waals surface area contributed by atoms with E-state index in [1.165, 1.54) is 0 Å². The average Bonchev–Trinajstić information content (AvgIpc) is 3.07. The standard InChI is InChI=1S/C31H28O5/c1-29(2,34)17-5-9-21-22-10-6-18(30(3,4)35)14-26(22)31(25(21)13-17)23-11-7-19(32)15-27(23)36-28-16-20(33)8-12-24(28)31/h5-16,32-35H,1-4H3. The number of rotatable bonds is 2. The van der Waals surface area contributed by atoms with Crippen LogP contribution >= 0.6 is 0 Å². The summed E-state index contributed by atoms with van der Waals surface area (Å²) in [7, 11) is 0. The predicted octanol–water partition coefficient (Wildman–Crippen LogP) is 6.02. The van der Waals surface area contributed by atoms with Gasteiger partial charge in [0.25, 0.3) is 0 Å². The summed E-state index contributed by atoms with van der Waals surface area (Å²) in [5.41, 5.74) is 4.16. The third-order valence-corrected chi connectivity index (χ3v) is 7.51. The van der Waals surface area contributed by atoms with Crippen molar-refractivity contribution in [3.8, 4) is 34.1 Å². The Morgan fingerprint density at radius 3 is 1.36 bits per heavy atom. The van der Waals surface area contributed by atoms with Gasteiger partial charge in [0.1, 0.15) is 23.0 Å². The fourth-order valence-corrected chi connectivity index (χ4v) is 5.74. The first-order chi connectivity index (χ1) is 16.9. The highest BCUT2D eigenvalue weighted by atomic mass is 16.5. The Hall–Kier alpha value is -3.80. The van der Waals surface area contributed by atoms with E-state index in [9.17, 15) is 20.4 Å². The summed E-state index contributed by atoms with van der Waals surface area (Å²) < 4.78 is 6.23. The summed E-state index contributed by atoms with van der Waals surface area (Å²) in [6, 6.07) is 22.2. The van der Waals surface area contributed by atoms with Gasteiger partial charge < -0.3 is 25.2 Å². The number of phenolic OH excluding ortho intramolecular Hbond substituents is 2. The summed E-state index contributed by atoms with van der Waals surface area (Å²) in [6.45, 7) is 7.05. The minimum absolute atomic E-state index is 0.0708. The van der Waals surface area contributed by atoms with Gasteiger partial charge >= 0.3 is 0 Å². The Balaban J connectivity index is 1.82. The van der Waals surface area contributed by atoms with Crippen molar-refractivity contribution in [3.05, 3.63) is 106 Å². The minimum atomic E-state index is -1.07. The van der Waals surface area contributed by atoms with E-state index in [0.29, 0.717) is 11.5 Å². The molecule has 1 spiro atoms. The Morgan fingerprint density at radius 2 is 0.972 bits per heavy atom. The molecular formula is C31H28O5. The fraction of sp³-hybridized carbons (Fsp3) is 0.226. The van der Waals surface area contributed by atoms with Crippen LogP contribution < -0.4 is 4.74 Å². The van der Waals surface area contributed by atoms with Crippen molar-refractivity contribution in [2.75, 3.05) is 0 Å². The number of phenols is 2. The van der Waals surface area contributed by atoms with Gasteiger partial charge in [-0.1, -0.05) is 48.5 Å². The first-order valence-electron chi connectivity index (χ1n) is 12.0. The van der Waals surface area contributed by atoms with Gasteiger partial charge in [0.15, 0.2) is 0 Å². The maximum Gasteiger partial charge on any atom is 0.135 e. The van der Waals surface area contributed by atoms with Crippen LogP contribution in [0.1, 0.15) is 61.1 Å². The number of hydrogen-bond donors (Lipinski definition) is 4. The Bertz CT molecular complexity index is 1440. The third kappa shape index (κ3) is 3.03. The average molecular weight is 481 g/mol. The predicted molar refractivity (Wildman–Crippen MR) is 138 cm³/mol. The van der Waals surface area contributed by atoms with Crippen molar-refractivity contribution in [3.63, 3.8) is 0 Å². The lowest BCUT2D eigenvalue weighted by Crippen LogP contribution is -2.33. The molecule has 5 heteroatoms. The second-order valence-corrected chi connectivity index (χ2v) is 10.9. The van der Waals surface area contributed by atoms with Crippen LogP contribution in [0.4, 0.5) is 0 Å². The highest BCUT2D eigenvalue weighted by Gasteiger charge is 2.52. The van der Waals surface area contributed by atoms with Crippen LogP contribution in [0.25, 0.3) is 11.1 Å². The van der Waals surface area contributed by atoms with E-state index >= 15 is 0 Å². The molecule has 1 aliphatic heterocycles. The van der Waals surface area contributed by atoms with Gasteiger partial charge in [-0.15, -0.1) is 0 Å². The molecule has 0 radical (unpaired) electrons. The van der Waals surface area contributed by atoms with Gasteiger partial charge in [-0.2, -0.15) is 0 Å². The molecule has 0 saturated heterocycles. The molecule has 1 aliphatic carbocycles. The largest absolute Gasteiger partial charge is 0.508 e. The summed E-state index contributed by atoms with van der Waals surface area (Å²) in [5, 5.41) is 42.5. The van der Waals surface area contributed by atoms with Crippen LogP contribution in [0.5, 0.6) is 23.0 Å². The zero-order valence-corrected chi connectivity index (χ0v) is 20.6. The molecule has 4 N–H and O–H groups in total. The van der Waals surface area contributed by atoms with Crippen molar-refractivity contribution in [2.24, 2.45) is 0 Å². The van der Waals surface area contributed by atoms with Crippen LogP contribution in [-0.4, -0.2) is 20.4 Å². The second-order valence-electron chi connectivity index (χ2n) is 10.9. The Kier molecular flexibility index (Phi) is 4.48. The van der Waals surface area contributed by atoms with Crippen molar-refractivity contribution in [1.29, 1.82) is 0 Å². The summed E-state index contributed by atoms with van der Waals surface area (Å²) in [6.07, 6.45) is 0. The van der Waals surface area contributed by atoms with E-state index < -0.39 is 16.6 Å². The molecule has 4 aromatic rings. The van der Waals surface area contributed by atoms with Gasteiger partial charge in [-0.05, 0) is 73.2 Å². The lowest BCUT2D eigenvalue weighted by atomic mass is 9.65. The van der Waals surface area contributed by atoms with Crippen LogP contribution in [0, 0.1) is 0 Å². The van der Waals surface area contributed by atoms with Gasteiger partial charge in [0, 0.05) is 23.3 Å². The molecule has 182 valence electrons. The van der Waals surface area contributed by atoms with Gasteiger partial charge in [0.2, 0.25) is 0 Å². The van der Waals surface area contributed by atoms with Gasteiger partial charge in [-0.25, -0.2) is 0 Å². The van der Waals surface area contributed by atoms with Gasteiger partial charge in [-0.3, -0.25) is 0 Å². The van der Waals surface area contributed by atoms with E-state index in [4.69, 9.17) is 4.74 Å². The molecule has 0 bridgehead atoms.